The summed E-state index contributed by atoms with van der Waals surface area (Å²) in [6.07, 6.45) is 0. The summed E-state index contributed by atoms with van der Waals surface area (Å²) in [6, 6.07) is 4.57. The number of hydrogen-bond donors (Lipinski definition) is 1. The van der Waals surface area contributed by atoms with Crippen LogP contribution in [0.1, 0.15) is 11.1 Å². The molecule has 0 saturated carbocycles. The summed E-state index contributed by atoms with van der Waals surface area (Å²) in [5.41, 5.74) is 4.15. The molecule has 2 rings (SSSR count). The molecule has 11 heavy (non-hydrogen) atoms. The number of rotatable bonds is 0. The van der Waals surface area contributed by atoms with E-state index in [1.165, 1.54) is 16.8 Å². The van der Waals surface area contributed by atoms with E-state index in [9.17, 15) is 0 Å². The van der Waals surface area contributed by atoms with Crippen LogP contribution < -0.4 is 8.93 Å². The van der Waals surface area contributed by atoms with Gasteiger partial charge in [-0.15, -0.1) is 0 Å². The molecule has 0 amide bonds. The number of benzene rings is 1. The van der Waals surface area contributed by atoms with Crippen molar-refractivity contribution in [2.24, 2.45) is 0 Å². The van der Waals surface area contributed by atoms with Gasteiger partial charge in [0.05, 0.1) is 0 Å². The van der Waals surface area contributed by atoms with Gasteiger partial charge in [-0.05, 0) is 0 Å². The molecule has 1 aromatic rings. The van der Waals surface area contributed by atoms with Crippen LogP contribution in [0.3, 0.4) is 0 Å². The zero-order chi connectivity index (χ0) is 7.84. The summed E-state index contributed by atoms with van der Waals surface area (Å²) in [4.78, 5) is 0. The molecule has 0 spiro atoms. The molecule has 0 aliphatic carbocycles. The van der Waals surface area contributed by atoms with Gasteiger partial charge in [-0.3, -0.25) is 0 Å². The molecule has 2 heteroatoms. The summed E-state index contributed by atoms with van der Waals surface area (Å²) in [6.45, 7) is 4.34. The van der Waals surface area contributed by atoms with Crippen molar-refractivity contribution in [1.82, 2.24) is 0 Å². The Morgan fingerprint density at radius 1 is 1.18 bits per heavy atom. The van der Waals surface area contributed by atoms with Gasteiger partial charge in [0.1, 0.15) is 0 Å². The van der Waals surface area contributed by atoms with Crippen LogP contribution in [0.2, 0.25) is 0 Å². The van der Waals surface area contributed by atoms with E-state index in [0.29, 0.717) is 0 Å². The Balaban J connectivity index is 2.63. The van der Waals surface area contributed by atoms with Crippen LogP contribution in [0.4, 0.5) is 5.69 Å². The molecule has 0 fully saturated rings. The molecular formula is C9H10NTe. The van der Waals surface area contributed by atoms with Crippen molar-refractivity contribution < 1.29 is 0 Å². The van der Waals surface area contributed by atoms with Crippen LogP contribution in [0, 0.1) is 13.8 Å². The Morgan fingerprint density at radius 3 is 2.73 bits per heavy atom. The van der Waals surface area contributed by atoms with Crippen LogP contribution in [0.15, 0.2) is 12.1 Å². The first-order valence-corrected chi connectivity index (χ1v) is 6.14. The van der Waals surface area contributed by atoms with Gasteiger partial charge in [-0.2, -0.15) is 0 Å². The van der Waals surface area contributed by atoms with Gasteiger partial charge in [0.25, 0.3) is 0 Å². The van der Waals surface area contributed by atoms with E-state index in [0.717, 1.165) is 0 Å². The Hall–Kier alpha value is -0.320. The Kier molecular flexibility index (Phi) is 1.75. The van der Waals surface area contributed by atoms with Crippen molar-refractivity contribution in [2.45, 2.75) is 13.8 Å². The quantitative estimate of drug-likeness (QED) is 0.681. The van der Waals surface area contributed by atoms with Crippen LogP contribution >= 0.6 is 0 Å². The number of fused-ring (bicyclic) bond motifs is 1. The third-order valence-corrected chi connectivity index (χ3v) is 4.36. The second-order valence-corrected chi connectivity index (χ2v) is 5.41. The van der Waals surface area contributed by atoms with Gasteiger partial charge in [-0.1, -0.05) is 0 Å². The second-order valence-electron chi connectivity index (χ2n) is 2.81. The van der Waals surface area contributed by atoms with Crippen molar-refractivity contribution >= 4 is 33.9 Å². The normalized spacial score (nSPS) is 12.9. The molecular weight excluding hydrogens is 250 g/mol. The molecule has 0 unspecified atom stereocenters. The monoisotopic (exact) mass is 262 g/mol. The Bertz CT molecular complexity index is 329. The fraction of sp³-hybridized carbons (Fsp3) is 0.222. The van der Waals surface area contributed by atoms with Crippen LogP contribution in [0.25, 0.3) is 0 Å². The number of anilines is 1. The van der Waals surface area contributed by atoms with Crippen LogP contribution in [-0.4, -0.2) is 24.6 Å². The molecule has 1 heterocycles. The molecule has 0 saturated heterocycles. The van der Waals surface area contributed by atoms with Gasteiger partial charge in [0.15, 0.2) is 0 Å². The van der Waals surface area contributed by atoms with E-state index in [1.807, 2.05) is 0 Å². The number of hydrogen-bond acceptors (Lipinski definition) is 1. The summed E-state index contributed by atoms with van der Waals surface area (Å²) < 4.78 is 3.78. The molecule has 1 aliphatic heterocycles. The summed E-state index contributed by atoms with van der Waals surface area (Å²) >= 11 is -0.00845. The van der Waals surface area contributed by atoms with Gasteiger partial charge in [0.2, 0.25) is 0 Å². The number of nitrogens with one attached hydrogen (secondary N) is 1. The number of aryl methyl sites for hydroxylation is 2. The van der Waals surface area contributed by atoms with Gasteiger partial charge in [-0.25, -0.2) is 0 Å². The third kappa shape index (κ3) is 1.21. The molecule has 1 nitrogen and oxygen atoms in total. The molecule has 0 bridgehead atoms. The Morgan fingerprint density at radius 2 is 1.91 bits per heavy atom. The zero-order valence-corrected chi connectivity index (χ0v) is 8.97. The molecule has 1 N–H and O–H groups in total. The van der Waals surface area contributed by atoms with Crippen molar-refractivity contribution in [3.05, 3.63) is 23.3 Å². The second kappa shape index (κ2) is 2.62. The van der Waals surface area contributed by atoms with E-state index in [1.54, 1.807) is 3.61 Å². The Labute approximate surface area is 76.4 Å². The summed E-state index contributed by atoms with van der Waals surface area (Å²) in [5.74, 6) is 0. The van der Waals surface area contributed by atoms with E-state index in [-0.39, 0.29) is 20.5 Å². The fourth-order valence-corrected chi connectivity index (χ4v) is 3.45. The predicted octanol–water partition coefficient (Wildman–Crippen LogP) is 0.818. The minimum absolute atomic E-state index is 0.00845. The standard InChI is InChI=1S/C9H10NTe/c1-6-3-8-9(4-7(6)2)11-5-10-8/h3-5,10H,1-2H3. The molecule has 1 aliphatic rings. The predicted molar refractivity (Wildman–Crippen MR) is 51.0 cm³/mol. The molecule has 0 atom stereocenters. The average molecular weight is 260 g/mol. The first-order chi connectivity index (χ1) is 5.27. The van der Waals surface area contributed by atoms with E-state index < -0.39 is 0 Å². The average Bonchev–Trinajstić information content (AvgIpc) is 2.36. The van der Waals surface area contributed by atoms with E-state index in [4.69, 9.17) is 0 Å². The summed E-state index contributed by atoms with van der Waals surface area (Å²) in [7, 11) is 0. The minimum atomic E-state index is -0.00845. The fourth-order valence-electron chi connectivity index (χ4n) is 1.16. The van der Waals surface area contributed by atoms with Crippen molar-refractivity contribution in [2.75, 3.05) is 5.32 Å². The third-order valence-electron chi connectivity index (χ3n) is 2.00. The molecule has 57 valence electrons. The van der Waals surface area contributed by atoms with E-state index in [2.05, 4.69) is 35.5 Å². The van der Waals surface area contributed by atoms with Gasteiger partial charge < -0.3 is 0 Å². The van der Waals surface area contributed by atoms with E-state index >= 15 is 0 Å². The first-order valence-electron chi connectivity index (χ1n) is 3.63. The summed E-state index contributed by atoms with van der Waals surface area (Å²) in [5, 5.41) is 3.30. The SMILES string of the molecule is Cc1cc2c(cc1C)[Te]=CN2. The molecule has 0 aromatic heterocycles. The zero-order valence-electron chi connectivity index (χ0n) is 6.64. The maximum absolute atomic E-state index is 3.30. The molecule has 1 aromatic carbocycles. The van der Waals surface area contributed by atoms with Gasteiger partial charge >= 0.3 is 76.4 Å². The first kappa shape index (κ1) is 7.34. The maximum atomic E-state index is 3.30. The van der Waals surface area contributed by atoms with Gasteiger partial charge in [0, 0.05) is 0 Å². The van der Waals surface area contributed by atoms with Crippen LogP contribution in [-0.2, 0) is 0 Å². The van der Waals surface area contributed by atoms with Crippen molar-refractivity contribution in [1.29, 1.82) is 0 Å². The van der Waals surface area contributed by atoms with Crippen molar-refractivity contribution in [3.8, 4) is 0 Å². The van der Waals surface area contributed by atoms with Crippen LogP contribution in [0.5, 0.6) is 0 Å². The van der Waals surface area contributed by atoms with Crippen molar-refractivity contribution in [3.63, 3.8) is 0 Å². The molecule has 1 radical (unpaired) electrons. The topological polar surface area (TPSA) is 12.0 Å².